The maximum absolute atomic E-state index is 10.8. The fraction of sp³-hybridized carbons (Fsp3) is 0.778. The number of nitrogens with zero attached hydrogens (tertiary/aromatic N) is 1. The summed E-state index contributed by atoms with van der Waals surface area (Å²) in [5, 5.41) is 10.8. The lowest BCUT2D eigenvalue weighted by Gasteiger charge is -2.73. The van der Waals surface area contributed by atoms with E-state index >= 15 is 0 Å². The molecule has 0 bridgehead atoms. The van der Waals surface area contributed by atoms with Crippen molar-refractivity contribution < 1.29 is 14.6 Å². The SMILES string of the molecule is CCc1ccc(O)c2c1C1(CCN(CC3CC3)C(C)C13CCC3(C)C(C)OC)[C@H](C)O2. The third-order valence-corrected chi connectivity index (χ3v) is 10.4. The number of likely N-dealkylation sites (tertiary alicyclic amines) is 1. The molecule has 2 heterocycles. The van der Waals surface area contributed by atoms with E-state index in [0.29, 0.717) is 11.8 Å². The van der Waals surface area contributed by atoms with Gasteiger partial charge in [0.15, 0.2) is 11.5 Å². The fourth-order valence-electron chi connectivity index (χ4n) is 8.25. The largest absolute Gasteiger partial charge is 0.504 e. The summed E-state index contributed by atoms with van der Waals surface area (Å²) in [6.07, 6.45) is 7.47. The van der Waals surface area contributed by atoms with Crippen LogP contribution in [0.25, 0.3) is 0 Å². The van der Waals surface area contributed by atoms with Crippen molar-refractivity contribution in [1.29, 1.82) is 0 Å². The molecule has 5 unspecified atom stereocenters. The first-order valence-corrected chi connectivity index (χ1v) is 12.6. The van der Waals surface area contributed by atoms with Crippen LogP contribution >= 0.6 is 0 Å². The van der Waals surface area contributed by atoms with Gasteiger partial charge in [-0.3, -0.25) is 4.90 Å². The van der Waals surface area contributed by atoms with E-state index in [1.165, 1.54) is 43.4 Å². The summed E-state index contributed by atoms with van der Waals surface area (Å²) in [7, 11) is 1.87. The van der Waals surface area contributed by atoms with Crippen LogP contribution in [0.1, 0.15) is 77.8 Å². The molecule has 4 nitrogen and oxygen atoms in total. The van der Waals surface area contributed by atoms with Crippen LogP contribution < -0.4 is 4.74 Å². The van der Waals surface area contributed by atoms with Crippen LogP contribution in [0.3, 0.4) is 0 Å². The number of hydrogen-bond acceptors (Lipinski definition) is 4. The highest BCUT2D eigenvalue weighted by Crippen LogP contribution is 2.75. The van der Waals surface area contributed by atoms with Gasteiger partial charge in [-0.1, -0.05) is 19.9 Å². The number of phenols is 1. The Bertz CT molecular complexity index is 866. The van der Waals surface area contributed by atoms with Gasteiger partial charge < -0.3 is 14.6 Å². The van der Waals surface area contributed by atoms with Crippen LogP contribution in [0.5, 0.6) is 11.5 Å². The zero-order chi connectivity index (χ0) is 22.2. The lowest BCUT2D eigenvalue weighted by Crippen LogP contribution is -2.77. The molecule has 2 aliphatic heterocycles. The zero-order valence-electron chi connectivity index (χ0n) is 20.3. The van der Waals surface area contributed by atoms with Crippen molar-refractivity contribution in [1.82, 2.24) is 4.90 Å². The van der Waals surface area contributed by atoms with E-state index in [1.807, 2.05) is 13.2 Å². The van der Waals surface area contributed by atoms with Crippen LogP contribution in [0.2, 0.25) is 0 Å². The van der Waals surface area contributed by atoms with Gasteiger partial charge in [0.2, 0.25) is 0 Å². The number of benzene rings is 1. The monoisotopic (exact) mass is 427 g/mol. The highest BCUT2D eigenvalue weighted by Gasteiger charge is 2.76. The quantitative estimate of drug-likeness (QED) is 0.692. The summed E-state index contributed by atoms with van der Waals surface area (Å²) < 4.78 is 12.6. The summed E-state index contributed by atoms with van der Waals surface area (Å²) in [5.74, 6) is 1.95. The Morgan fingerprint density at radius 2 is 1.97 bits per heavy atom. The number of aryl methyl sites for hydroxylation is 1. The Balaban J connectivity index is 1.73. The molecule has 0 amide bonds. The van der Waals surface area contributed by atoms with Crippen molar-refractivity contribution >= 4 is 0 Å². The average molecular weight is 428 g/mol. The van der Waals surface area contributed by atoms with Crippen LogP contribution in [-0.2, 0) is 16.6 Å². The van der Waals surface area contributed by atoms with Crippen molar-refractivity contribution in [2.24, 2.45) is 16.7 Å². The molecule has 5 rings (SSSR count). The van der Waals surface area contributed by atoms with E-state index in [-0.39, 0.29) is 28.5 Å². The lowest BCUT2D eigenvalue weighted by molar-refractivity contribution is -0.251. The van der Waals surface area contributed by atoms with Crippen molar-refractivity contribution in [2.45, 2.75) is 96.8 Å². The topological polar surface area (TPSA) is 41.9 Å². The van der Waals surface area contributed by atoms with Gasteiger partial charge in [-0.05, 0) is 83.4 Å². The van der Waals surface area contributed by atoms with Gasteiger partial charge in [0.05, 0.1) is 6.10 Å². The van der Waals surface area contributed by atoms with Crippen molar-refractivity contribution in [3.63, 3.8) is 0 Å². The standard InChI is InChI=1S/C27H41NO3/c1-7-21-10-11-22(29)24-23(21)26(19(4)31-24)14-15-28(16-20-8-9-20)17(2)27(26)13-12-25(27,5)18(3)30-6/h10-11,17-20,29H,7-9,12-16H2,1-6H3/t17?,18?,19-,25?,26?,27?/m0/s1. The van der Waals surface area contributed by atoms with Crippen molar-refractivity contribution in [2.75, 3.05) is 20.2 Å². The zero-order valence-corrected chi connectivity index (χ0v) is 20.3. The minimum absolute atomic E-state index is 0.0512. The second-order valence-electron chi connectivity index (χ2n) is 11.2. The maximum atomic E-state index is 10.8. The minimum Gasteiger partial charge on any atom is -0.504 e. The van der Waals surface area contributed by atoms with Gasteiger partial charge in [0, 0.05) is 41.5 Å². The molecule has 1 aromatic rings. The molecule has 172 valence electrons. The summed E-state index contributed by atoms with van der Waals surface area (Å²) in [6, 6.07) is 4.43. The number of phenolic OH excluding ortho intramolecular Hbond substituents is 1. The first kappa shape index (κ1) is 21.6. The molecular weight excluding hydrogens is 386 g/mol. The Morgan fingerprint density at radius 3 is 2.55 bits per heavy atom. The molecule has 0 radical (unpaired) electrons. The third-order valence-electron chi connectivity index (χ3n) is 10.4. The average Bonchev–Trinajstić information content (AvgIpc) is 3.53. The highest BCUT2D eigenvalue weighted by molar-refractivity contribution is 5.60. The molecule has 3 fully saturated rings. The second kappa shape index (κ2) is 7.12. The first-order valence-electron chi connectivity index (χ1n) is 12.6. The smallest absolute Gasteiger partial charge is 0.165 e. The Labute approximate surface area is 188 Å². The van der Waals surface area contributed by atoms with Crippen LogP contribution in [0.4, 0.5) is 0 Å². The maximum Gasteiger partial charge on any atom is 0.165 e. The molecule has 2 saturated carbocycles. The molecule has 4 aliphatic rings. The molecule has 6 atom stereocenters. The number of ether oxygens (including phenoxy) is 2. The van der Waals surface area contributed by atoms with Crippen molar-refractivity contribution in [3.05, 3.63) is 23.3 Å². The molecule has 31 heavy (non-hydrogen) atoms. The summed E-state index contributed by atoms with van der Waals surface area (Å²) in [5.41, 5.74) is 2.70. The summed E-state index contributed by atoms with van der Waals surface area (Å²) in [4.78, 5) is 2.79. The number of hydrogen-bond donors (Lipinski definition) is 1. The van der Waals surface area contributed by atoms with E-state index in [2.05, 4.69) is 45.6 Å². The molecule has 2 aliphatic carbocycles. The minimum atomic E-state index is -0.0916. The second-order valence-corrected chi connectivity index (χ2v) is 11.2. The van der Waals surface area contributed by atoms with E-state index < -0.39 is 0 Å². The van der Waals surface area contributed by atoms with Gasteiger partial charge in [-0.2, -0.15) is 0 Å². The molecule has 4 heteroatoms. The number of piperidine rings is 1. The molecule has 1 saturated heterocycles. The number of fused-ring (bicyclic) bond motifs is 3. The van der Waals surface area contributed by atoms with E-state index in [4.69, 9.17) is 9.47 Å². The molecule has 1 aromatic carbocycles. The Morgan fingerprint density at radius 1 is 1.23 bits per heavy atom. The lowest BCUT2D eigenvalue weighted by atomic mass is 9.33. The number of aromatic hydroxyl groups is 1. The highest BCUT2D eigenvalue weighted by atomic mass is 16.5. The predicted molar refractivity (Wildman–Crippen MR) is 124 cm³/mol. The molecular formula is C27H41NO3. The summed E-state index contributed by atoms with van der Waals surface area (Å²) in [6.45, 7) is 14.1. The molecule has 1 N–H and O–H groups in total. The van der Waals surface area contributed by atoms with Gasteiger partial charge in [0.25, 0.3) is 0 Å². The third kappa shape index (κ3) is 2.55. The normalized spacial score (nSPS) is 40.6. The Hall–Kier alpha value is -1.26. The molecule has 0 aromatic heterocycles. The first-order chi connectivity index (χ1) is 14.8. The van der Waals surface area contributed by atoms with Gasteiger partial charge in [-0.25, -0.2) is 0 Å². The fourth-order valence-corrected chi connectivity index (χ4v) is 8.25. The van der Waals surface area contributed by atoms with Crippen LogP contribution in [0.15, 0.2) is 12.1 Å². The van der Waals surface area contributed by atoms with Gasteiger partial charge >= 0.3 is 0 Å². The van der Waals surface area contributed by atoms with Crippen molar-refractivity contribution in [3.8, 4) is 11.5 Å². The van der Waals surface area contributed by atoms with Crippen LogP contribution in [0, 0.1) is 16.7 Å². The number of rotatable bonds is 5. The van der Waals surface area contributed by atoms with E-state index in [0.717, 1.165) is 31.1 Å². The van der Waals surface area contributed by atoms with Crippen LogP contribution in [-0.4, -0.2) is 48.5 Å². The number of methoxy groups -OCH3 is 1. The molecule has 2 spiro atoms. The van der Waals surface area contributed by atoms with Gasteiger partial charge in [0.1, 0.15) is 6.10 Å². The summed E-state index contributed by atoms with van der Waals surface area (Å²) >= 11 is 0. The van der Waals surface area contributed by atoms with E-state index in [1.54, 1.807) is 0 Å². The van der Waals surface area contributed by atoms with Gasteiger partial charge in [-0.15, -0.1) is 0 Å². The Kier molecular flexibility index (Phi) is 4.95. The van der Waals surface area contributed by atoms with E-state index in [9.17, 15) is 5.11 Å². The predicted octanol–water partition coefficient (Wildman–Crippen LogP) is 5.30.